The first-order valence-corrected chi connectivity index (χ1v) is 6.63. The number of likely N-dealkylation sites (N-methyl/N-ethyl adjacent to an activating group) is 1. The lowest BCUT2D eigenvalue weighted by Gasteiger charge is -2.43. The SMILES string of the molecule is COc1ccc2c(c1)CCC1C2CCC(=O)N1C. The highest BCUT2D eigenvalue weighted by atomic mass is 16.5. The van der Waals surface area contributed by atoms with Crippen LogP contribution in [0.5, 0.6) is 5.75 Å². The maximum absolute atomic E-state index is 11.8. The highest BCUT2D eigenvalue weighted by Gasteiger charge is 2.37. The van der Waals surface area contributed by atoms with Gasteiger partial charge in [0, 0.05) is 25.4 Å². The van der Waals surface area contributed by atoms with E-state index in [2.05, 4.69) is 12.1 Å². The van der Waals surface area contributed by atoms with Crippen molar-refractivity contribution in [2.75, 3.05) is 14.2 Å². The zero-order chi connectivity index (χ0) is 12.7. The Morgan fingerprint density at radius 1 is 1.28 bits per heavy atom. The number of aryl methyl sites for hydroxylation is 1. The van der Waals surface area contributed by atoms with Crippen LogP contribution in [0.25, 0.3) is 0 Å². The summed E-state index contributed by atoms with van der Waals surface area (Å²) in [4.78, 5) is 13.7. The quantitative estimate of drug-likeness (QED) is 0.760. The number of hydrogen-bond acceptors (Lipinski definition) is 2. The average Bonchev–Trinajstić information content (AvgIpc) is 2.41. The van der Waals surface area contributed by atoms with E-state index < -0.39 is 0 Å². The molecule has 1 aromatic carbocycles. The van der Waals surface area contributed by atoms with Crippen LogP contribution in [0.4, 0.5) is 0 Å². The largest absolute Gasteiger partial charge is 0.497 e. The molecule has 1 amide bonds. The van der Waals surface area contributed by atoms with Crippen molar-refractivity contribution in [1.82, 2.24) is 4.90 Å². The molecule has 0 saturated carbocycles. The van der Waals surface area contributed by atoms with Gasteiger partial charge in [0.05, 0.1) is 7.11 Å². The molecule has 2 aliphatic rings. The molecule has 0 aromatic heterocycles. The van der Waals surface area contributed by atoms with E-state index in [0.29, 0.717) is 24.3 Å². The molecule has 2 atom stereocenters. The van der Waals surface area contributed by atoms with Crippen LogP contribution >= 0.6 is 0 Å². The van der Waals surface area contributed by atoms with E-state index in [1.54, 1.807) is 7.11 Å². The van der Waals surface area contributed by atoms with Gasteiger partial charge in [0.1, 0.15) is 5.75 Å². The fourth-order valence-corrected chi connectivity index (χ4v) is 3.45. The third-order valence-corrected chi connectivity index (χ3v) is 4.48. The minimum Gasteiger partial charge on any atom is -0.497 e. The molecule has 3 rings (SSSR count). The molecule has 1 saturated heterocycles. The van der Waals surface area contributed by atoms with Crippen LogP contribution in [0.2, 0.25) is 0 Å². The highest BCUT2D eigenvalue weighted by molar-refractivity contribution is 5.77. The van der Waals surface area contributed by atoms with Gasteiger partial charge < -0.3 is 9.64 Å². The van der Waals surface area contributed by atoms with Crippen molar-refractivity contribution < 1.29 is 9.53 Å². The van der Waals surface area contributed by atoms with Gasteiger partial charge in [0.15, 0.2) is 0 Å². The van der Waals surface area contributed by atoms with Crippen LogP contribution in [0, 0.1) is 0 Å². The van der Waals surface area contributed by atoms with Gasteiger partial charge in [-0.05, 0) is 42.5 Å². The first kappa shape index (κ1) is 11.6. The van der Waals surface area contributed by atoms with E-state index >= 15 is 0 Å². The van der Waals surface area contributed by atoms with E-state index in [4.69, 9.17) is 4.74 Å². The lowest BCUT2D eigenvalue weighted by atomic mass is 9.74. The molecule has 1 aliphatic carbocycles. The number of carbonyl (C=O) groups excluding carboxylic acids is 1. The number of ether oxygens (including phenoxy) is 1. The molecular weight excluding hydrogens is 226 g/mol. The highest BCUT2D eigenvalue weighted by Crippen LogP contribution is 2.41. The van der Waals surface area contributed by atoms with Crippen LogP contribution in [0.3, 0.4) is 0 Å². The second kappa shape index (κ2) is 4.30. The van der Waals surface area contributed by atoms with Crippen molar-refractivity contribution >= 4 is 5.91 Å². The second-order valence-corrected chi connectivity index (χ2v) is 5.32. The zero-order valence-electron chi connectivity index (χ0n) is 11.0. The van der Waals surface area contributed by atoms with E-state index in [0.717, 1.165) is 25.0 Å². The smallest absolute Gasteiger partial charge is 0.222 e. The normalized spacial score (nSPS) is 26.6. The number of nitrogens with zero attached hydrogens (tertiary/aromatic N) is 1. The van der Waals surface area contributed by atoms with Crippen LogP contribution < -0.4 is 4.74 Å². The molecule has 3 heteroatoms. The lowest BCUT2D eigenvalue weighted by Crippen LogP contribution is -2.47. The predicted octanol–water partition coefficient (Wildman–Crippen LogP) is 2.35. The molecule has 1 aliphatic heterocycles. The standard InChI is InChI=1S/C15H19NO2/c1-16-14-7-3-10-9-11(18-2)4-5-12(10)13(14)6-8-15(16)17/h4-5,9,13-14H,3,6-8H2,1-2H3. The summed E-state index contributed by atoms with van der Waals surface area (Å²) in [6.07, 6.45) is 3.80. The predicted molar refractivity (Wildman–Crippen MR) is 69.8 cm³/mol. The Balaban J connectivity index is 1.96. The number of benzene rings is 1. The fraction of sp³-hybridized carbons (Fsp3) is 0.533. The van der Waals surface area contributed by atoms with Gasteiger partial charge in [-0.1, -0.05) is 6.07 Å². The van der Waals surface area contributed by atoms with E-state index in [1.807, 2.05) is 18.0 Å². The van der Waals surface area contributed by atoms with Gasteiger partial charge in [0.2, 0.25) is 5.91 Å². The summed E-state index contributed by atoms with van der Waals surface area (Å²) in [5.74, 6) is 1.75. The molecule has 1 aromatic rings. The zero-order valence-corrected chi connectivity index (χ0v) is 11.0. The molecule has 0 bridgehead atoms. The summed E-state index contributed by atoms with van der Waals surface area (Å²) in [6.45, 7) is 0. The molecule has 0 N–H and O–H groups in total. The van der Waals surface area contributed by atoms with Crippen molar-refractivity contribution in [2.45, 2.75) is 37.6 Å². The summed E-state index contributed by atoms with van der Waals surface area (Å²) >= 11 is 0. The number of fused-ring (bicyclic) bond motifs is 3. The minimum absolute atomic E-state index is 0.299. The average molecular weight is 245 g/mol. The Hall–Kier alpha value is -1.51. The molecule has 0 radical (unpaired) electrons. The first-order valence-electron chi connectivity index (χ1n) is 6.63. The van der Waals surface area contributed by atoms with Crippen LogP contribution in [0.15, 0.2) is 18.2 Å². The number of carbonyl (C=O) groups is 1. The molecular formula is C15H19NO2. The van der Waals surface area contributed by atoms with E-state index in [9.17, 15) is 4.79 Å². The minimum atomic E-state index is 0.299. The van der Waals surface area contributed by atoms with Crippen LogP contribution in [-0.4, -0.2) is 31.0 Å². The number of piperidine rings is 1. The number of amides is 1. The second-order valence-electron chi connectivity index (χ2n) is 5.32. The van der Waals surface area contributed by atoms with Gasteiger partial charge >= 0.3 is 0 Å². The van der Waals surface area contributed by atoms with E-state index in [1.165, 1.54) is 11.1 Å². The molecule has 3 nitrogen and oxygen atoms in total. The van der Waals surface area contributed by atoms with Crippen molar-refractivity contribution in [3.8, 4) is 5.75 Å². The van der Waals surface area contributed by atoms with Crippen molar-refractivity contribution in [2.24, 2.45) is 0 Å². The first-order chi connectivity index (χ1) is 8.70. The summed E-state index contributed by atoms with van der Waals surface area (Å²) in [6, 6.07) is 6.78. The Labute approximate surface area is 108 Å². The van der Waals surface area contributed by atoms with Crippen molar-refractivity contribution in [3.05, 3.63) is 29.3 Å². The Bertz CT molecular complexity index is 483. The molecule has 1 heterocycles. The summed E-state index contributed by atoms with van der Waals surface area (Å²) in [5, 5.41) is 0. The number of methoxy groups -OCH3 is 1. The van der Waals surface area contributed by atoms with Gasteiger partial charge in [-0.25, -0.2) is 0 Å². The summed E-state index contributed by atoms with van der Waals surface area (Å²) < 4.78 is 5.29. The maximum atomic E-state index is 11.8. The third kappa shape index (κ3) is 1.69. The number of likely N-dealkylation sites (tertiary alicyclic amines) is 1. The molecule has 18 heavy (non-hydrogen) atoms. The van der Waals surface area contributed by atoms with Crippen LogP contribution in [0.1, 0.15) is 36.3 Å². The van der Waals surface area contributed by atoms with Gasteiger partial charge in [-0.3, -0.25) is 4.79 Å². The van der Waals surface area contributed by atoms with Crippen molar-refractivity contribution in [1.29, 1.82) is 0 Å². The summed E-state index contributed by atoms with van der Waals surface area (Å²) in [7, 11) is 3.66. The molecule has 2 unspecified atom stereocenters. The number of hydrogen-bond donors (Lipinski definition) is 0. The lowest BCUT2D eigenvalue weighted by molar-refractivity contribution is -0.135. The van der Waals surface area contributed by atoms with Crippen molar-refractivity contribution in [3.63, 3.8) is 0 Å². The maximum Gasteiger partial charge on any atom is 0.222 e. The monoisotopic (exact) mass is 245 g/mol. The summed E-state index contributed by atoms with van der Waals surface area (Å²) in [5.41, 5.74) is 2.82. The van der Waals surface area contributed by atoms with Gasteiger partial charge in [0.25, 0.3) is 0 Å². The third-order valence-electron chi connectivity index (χ3n) is 4.48. The number of rotatable bonds is 1. The Morgan fingerprint density at radius 3 is 2.89 bits per heavy atom. The molecule has 0 spiro atoms. The van der Waals surface area contributed by atoms with Gasteiger partial charge in [-0.15, -0.1) is 0 Å². The fourth-order valence-electron chi connectivity index (χ4n) is 3.45. The molecule has 1 fully saturated rings. The topological polar surface area (TPSA) is 29.5 Å². The molecule has 96 valence electrons. The van der Waals surface area contributed by atoms with Gasteiger partial charge in [-0.2, -0.15) is 0 Å². The Kier molecular flexibility index (Phi) is 2.77. The van der Waals surface area contributed by atoms with E-state index in [-0.39, 0.29) is 0 Å². The Morgan fingerprint density at radius 2 is 2.11 bits per heavy atom. The van der Waals surface area contributed by atoms with Crippen LogP contribution in [-0.2, 0) is 11.2 Å².